The highest BCUT2D eigenvalue weighted by atomic mass is 79.9. The number of nitrogens with one attached hydrogen (secondary N) is 1. The van der Waals surface area contributed by atoms with Gasteiger partial charge in [-0.15, -0.1) is 11.3 Å². The van der Waals surface area contributed by atoms with Crippen LogP contribution in [0.3, 0.4) is 0 Å². The van der Waals surface area contributed by atoms with Crippen molar-refractivity contribution in [1.82, 2.24) is 9.97 Å². The second-order valence-corrected chi connectivity index (χ2v) is 5.44. The number of halogens is 2. The molecule has 0 unspecified atom stereocenters. The molecule has 0 radical (unpaired) electrons. The van der Waals surface area contributed by atoms with E-state index in [1.807, 2.05) is 6.92 Å². The van der Waals surface area contributed by atoms with Gasteiger partial charge in [-0.3, -0.25) is 0 Å². The summed E-state index contributed by atoms with van der Waals surface area (Å²) in [5.74, 6) is 0.620. The molecule has 2 heterocycles. The monoisotopic (exact) mass is 303 g/mol. The second kappa shape index (κ2) is 4.47. The van der Waals surface area contributed by atoms with Gasteiger partial charge in [-0.2, -0.15) is 0 Å². The Morgan fingerprint density at radius 2 is 2.20 bits per heavy atom. The van der Waals surface area contributed by atoms with E-state index in [9.17, 15) is 0 Å². The van der Waals surface area contributed by atoms with E-state index in [4.69, 9.17) is 11.6 Å². The van der Waals surface area contributed by atoms with Crippen LogP contribution >= 0.6 is 38.9 Å². The van der Waals surface area contributed by atoms with Crippen molar-refractivity contribution in [1.29, 1.82) is 0 Å². The molecule has 0 fully saturated rings. The van der Waals surface area contributed by atoms with Crippen LogP contribution in [0.15, 0.2) is 22.9 Å². The van der Waals surface area contributed by atoms with Gasteiger partial charge in [0.1, 0.15) is 0 Å². The lowest BCUT2D eigenvalue weighted by molar-refractivity contribution is 1.27. The molecule has 3 nitrogen and oxygen atoms in total. The van der Waals surface area contributed by atoms with Gasteiger partial charge in [0.2, 0.25) is 0 Å². The largest absolute Gasteiger partial charge is 0.315 e. The molecule has 0 aromatic carbocycles. The third-order valence-electron chi connectivity index (χ3n) is 1.65. The fourth-order valence-corrected chi connectivity index (χ4v) is 2.36. The maximum Gasteiger partial charge on any atom is 0.188 e. The van der Waals surface area contributed by atoms with E-state index in [-0.39, 0.29) is 0 Å². The van der Waals surface area contributed by atoms with Crippen LogP contribution in [-0.2, 0) is 0 Å². The molecule has 0 saturated carbocycles. The summed E-state index contributed by atoms with van der Waals surface area (Å²) in [4.78, 5) is 9.47. The molecule has 0 aliphatic rings. The summed E-state index contributed by atoms with van der Waals surface area (Å²) in [6, 6.07) is 1.79. The van der Waals surface area contributed by atoms with Crippen molar-refractivity contribution in [3.63, 3.8) is 0 Å². The molecule has 2 aromatic rings. The van der Waals surface area contributed by atoms with Crippen molar-refractivity contribution in [2.75, 3.05) is 5.32 Å². The number of hydrogen-bond donors (Lipinski definition) is 1. The predicted octanol–water partition coefficient (Wildman–Crippen LogP) is 4.01. The van der Waals surface area contributed by atoms with Gasteiger partial charge in [0, 0.05) is 21.7 Å². The highest BCUT2D eigenvalue weighted by molar-refractivity contribution is 9.10. The fraction of sp³-hybridized carbons (Fsp3) is 0.111. The Labute approximate surface area is 105 Å². The number of nitrogens with zero attached hydrogens (tertiary/aromatic N) is 2. The van der Waals surface area contributed by atoms with Crippen LogP contribution in [0, 0.1) is 6.92 Å². The summed E-state index contributed by atoms with van der Waals surface area (Å²) in [5, 5.41) is 4.43. The molecule has 6 heteroatoms. The van der Waals surface area contributed by atoms with E-state index < -0.39 is 0 Å². The van der Waals surface area contributed by atoms with Crippen molar-refractivity contribution in [2.45, 2.75) is 6.92 Å². The van der Waals surface area contributed by atoms with E-state index in [1.54, 1.807) is 29.8 Å². The molecule has 0 saturated heterocycles. The van der Waals surface area contributed by atoms with Crippen LogP contribution in [0.25, 0.3) is 0 Å². The minimum atomic E-state index is 0.567. The first-order valence-electron chi connectivity index (χ1n) is 4.15. The maximum absolute atomic E-state index is 6.01. The Bertz CT molecular complexity index is 486. The van der Waals surface area contributed by atoms with Crippen molar-refractivity contribution in [3.8, 4) is 0 Å². The van der Waals surface area contributed by atoms with Crippen molar-refractivity contribution in [3.05, 3.63) is 32.8 Å². The highest BCUT2D eigenvalue weighted by Crippen LogP contribution is 2.27. The third kappa shape index (κ3) is 2.68. The lowest BCUT2D eigenvalue weighted by Gasteiger charge is -2.03. The van der Waals surface area contributed by atoms with Gasteiger partial charge in [0.25, 0.3) is 0 Å². The Balaban J connectivity index is 2.24. The molecule has 0 bridgehead atoms. The van der Waals surface area contributed by atoms with Crippen molar-refractivity contribution in [2.24, 2.45) is 0 Å². The van der Waals surface area contributed by atoms with Crippen LogP contribution < -0.4 is 5.32 Å². The average molecular weight is 305 g/mol. The minimum Gasteiger partial charge on any atom is -0.315 e. The van der Waals surface area contributed by atoms with Gasteiger partial charge in [0.05, 0.1) is 5.02 Å². The minimum absolute atomic E-state index is 0.567. The first kappa shape index (κ1) is 10.9. The molecule has 1 N–H and O–H groups in total. The molecule has 0 aliphatic heterocycles. The Morgan fingerprint density at radius 3 is 2.80 bits per heavy atom. The lowest BCUT2D eigenvalue weighted by Crippen LogP contribution is -1.93. The summed E-state index contributed by atoms with van der Waals surface area (Å²) >= 11 is 10.9. The second-order valence-electron chi connectivity index (χ2n) is 2.89. The number of anilines is 2. The SMILES string of the molecule is Cc1cnc(Nc2ncc(Br)cc2Cl)s1. The van der Waals surface area contributed by atoms with Crippen LogP contribution in [0.1, 0.15) is 4.88 Å². The Kier molecular flexibility index (Phi) is 3.23. The van der Waals surface area contributed by atoms with Crippen LogP contribution in [0.5, 0.6) is 0 Å². The molecule has 2 rings (SSSR count). The van der Waals surface area contributed by atoms with E-state index in [0.717, 1.165) is 14.5 Å². The average Bonchev–Trinajstić information content (AvgIpc) is 2.56. The highest BCUT2D eigenvalue weighted by Gasteiger charge is 2.05. The van der Waals surface area contributed by atoms with Gasteiger partial charge < -0.3 is 5.32 Å². The number of thiazole rings is 1. The molecule has 0 spiro atoms. The van der Waals surface area contributed by atoms with Gasteiger partial charge in [-0.25, -0.2) is 9.97 Å². The van der Waals surface area contributed by atoms with Gasteiger partial charge in [0.15, 0.2) is 10.9 Å². The third-order valence-corrected chi connectivity index (χ3v) is 3.20. The zero-order valence-corrected chi connectivity index (χ0v) is 10.9. The molecule has 0 amide bonds. The molecule has 0 aliphatic carbocycles. The van der Waals surface area contributed by atoms with E-state index in [1.165, 1.54) is 0 Å². The summed E-state index contributed by atoms with van der Waals surface area (Å²) in [7, 11) is 0. The Morgan fingerprint density at radius 1 is 1.40 bits per heavy atom. The molecule has 15 heavy (non-hydrogen) atoms. The maximum atomic E-state index is 6.01. The standard InChI is InChI=1S/C9H7BrClN3S/c1-5-3-13-9(15-5)14-8-7(11)2-6(10)4-12-8/h2-4H,1H3,(H,12,13,14). The van der Waals surface area contributed by atoms with Gasteiger partial charge in [-0.1, -0.05) is 11.6 Å². The van der Waals surface area contributed by atoms with Crippen LogP contribution in [0.4, 0.5) is 10.9 Å². The zero-order chi connectivity index (χ0) is 10.8. The molecule has 0 atom stereocenters. The topological polar surface area (TPSA) is 37.8 Å². The summed E-state index contributed by atoms with van der Waals surface area (Å²) in [6.45, 7) is 2.00. The number of pyridine rings is 1. The summed E-state index contributed by atoms with van der Waals surface area (Å²) in [6.07, 6.45) is 3.49. The fourth-order valence-electron chi connectivity index (χ4n) is 1.02. The zero-order valence-electron chi connectivity index (χ0n) is 7.79. The predicted molar refractivity (Wildman–Crippen MR) is 67.1 cm³/mol. The van der Waals surface area contributed by atoms with Crippen LogP contribution in [0.2, 0.25) is 5.02 Å². The van der Waals surface area contributed by atoms with E-state index in [0.29, 0.717) is 10.8 Å². The first-order chi connectivity index (χ1) is 7.15. The molecular formula is C9H7BrClN3S. The van der Waals surface area contributed by atoms with Crippen molar-refractivity contribution >= 4 is 49.8 Å². The number of aromatic nitrogens is 2. The lowest BCUT2D eigenvalue weighted by atomic mass is 10.4. The smallest absolute Gasteiger partial charge is 0.188 e. The molecule has 2 aromatic heterocycles. The number of hydrogen-bond acceptors (Lipinski definition) is 4. The number of aryl methyl sites for hydroxylation is 1. The van der Waals surface area contributed by atoms with Gasteiger partial charge >= 0.3 is 0 Å². The quantitative estimate of drug-likeness (QED) is 0.911. The van der Waals surface area contributed by atoms with E-state index in [2.05, 4.69) is 31.2 Å². The first-order valence-corrected chi connectivity index (χ1v) is 6.14. The van der Waals surface area contributed by atoms with Crippen LogP contribution in [-0.4, -0.2) is 9.97 Å². The molecular weight excluding hydrogens is 298 g/mol. The van der Waals surface area contributed by atoms with Crippen molar-refractivity contribution < 1.29 is 0 Å². The molecule has 78 valence electrons. The summed E-state index contributed by atoms with van der Waals surface area (Å²) < 4.78 is 0.855. The number of rotatable bonds is 2. The Hall–Kier alpha value is -0.650. The van der Waals surface area contributed by atoms with E-state index >= 15 is 0 Å². The van der Waals surface area contributed by atoms with Gasteiger partial charge in [-0.05, 0) is 28.9 Å². The summed E-state index contributed by atoms with van der Waals surface area (Å²) in [5.41, 5.74) is 0. The normalized spacial score (nSPS) is 10.3.